The standard InChI is InChI=1S/C22H24Cl2F3N3OS/c23-17-12-16(13-18(24)20(17)28)32-29-19(7-6-14-4-2-1-3-5-14)21(31)30-10-8-15(9-11-30)22(25,26)27/h1-5,12-13,15,19,29H,6-11,28H2. The fraction of sp³-hybridized carbons (Fsp3) is 0.409. The number of benzene rings is 2. The molecule has 1 unspecified atom stereocenters. The van der Waals surface area contributed by atoms with Crippen LogP contribution in [0.15, 0.2) is 47.4 Å². The second kappa shape index (κ2) is 11.0. The Labute approximate surface area is 199 Å². The third-order valence-corrected chi connectivity index (χ3v) is 7.00. The number of hydrogen-bond acceptors (Lipinski definition) is 4. The number of piperidine rings is 1. The van der Waals surface area contributed by atoms with Gasteiger partial charge in [-0.25, -0.2) is 4.72 Å². The summed E-state index contributed by atoms with van der Waals surface area (Å²) < 4.78 is 42.1. The summed E-state index contributed by atoms with van der Waals surface area (Å²) in [6.45, 7) is 0.188. The van der Waals surface area contributed by atoms with Crippen molar-refractivity contribution in [3.8, 4) is 0 Å². The average Bonchev–Trinajstić information content (AvgIpc) is 2.77. The van der Waals surface area contributed by atoms with Gasteiger partial charge in [0.1, 0.15) is 0 Å². The highest BCUT2D eigenvalue weighted by Crippen LogP contribution is 2.35. The smallest absolute Gasteiger partial charge is 0.391 e. The first-order valence-electron chi connectivity index (χ1n) is 10.2. The van der Waals surface area contributed by atoms with E-state index in [4.69, 9.17) is 28.9 Å². The monoisotopic (exact) mass is 505 g/mol. The molecule has 0 aliphatic carbocycles. The Morgan fingerprint density at radius 1 is 1.16 bits per heavy atom. The first kappa shape index (κ1) is 25.0. The molecule has 1 aliphatic rings. The van der Waals surface area contributed by atoms with Crippen LogP contribution in [0.3, 0.4) is 0 Å². The average molecular weight is 506 g/mol. The summed E-state index contributed by atoms with van der Waals surface area (Å²) in [5.41, 5.74) is 7.13. The number of nitrogen functional groups attached to an aromatic ring is 1. The van der Waals surface area contributed by atoms with Gasteiger partial charge in [-0.1, -0.05) is 53.5 Å². The van der Waals surface area contributed by atoms with Crippen molar-refractivity contribution >= 4 is 46.7 Å². The van der Waals surface area contributed by atoms with Crippen molar-refractivity contribution in [2.24, 2.45) is 5.92 Å². The maximum atomic E-state index is 13.2. The number of hydrogen-bond donors (Lipinski definition) is 2. The number of nitrogens with zero attached hydrogens (tertiary/aromatic N) is 1. The Morgan fingerprint density at radius 2 is 1.75 bits per heavy atom. The summed E-state index contributed by atoms with van der Waals surface area (Å²) in [6.07, 6.45) is -3.23. The second-order valence-corrected chi connectivity index (χ2v) is 9.46. The SMILES string of the molecule is Nc1c(Cl)cc(SNC(CCc2ccccc2)C(=O)N2CCC(C(F)(F)F)CC2)cc1Cl. The van der Waals surface area contributed by atoms with Gasteiger partial charge >= 0.3 is 6.18 Å². The van der Waals surface area contributed by atoms with E-state index in [9.17, 15) is 18.0 Å². The van der Waals surface area contributed by atoms with E-state index in [2.05, 4.69) is 4.72 Å². The molecule has 2 aromatic carbocycles. The molecule has 1 heterocycles. The lowest BCUT2D eigenvalue weighted by Gasteiger charge is -2.35. The fourth-order valence-corrected chi connectivity index (χ4v) is 5.06. The molecule has 2 aromatic rings. The van der Waals surface area contributed by atoms with Crippen molar-refractivity contribution in [3.05, 3.63) is 58.1 Å². The quantitative estimate of drug-likeness (QED) is 0.359. The number of aryl methyl sites for hydroxylation is 1. The molecule has 32 heavy (non-hydrogen) atoms. The van der Waals surface area contributed by atoms with Crippen molar-refractivity contribution < 1.29 is 18.0 Å². The number of halogens is 5. The van der Waals surface area contributed by atoms with Crippen LogP contribution in [-0.4, -0.2) is 36.1 Å². The molecule has 0 radical (unpaired) electrons. The Hall–Kier alpha value is -1.61. The van der Waals surface area contributed by atoms with Crippen LogP contribution in [0.1, 0.15) is 24.8 Å². The number of nitrogens with two attached hydrogens (primary N) is 1. The summed E-state index contributed by atoms with van der Waals surface area (Å²) in [4.78, 5) is 15.4. The highest BCUT2D eigenvalue weighted by Gasteiger charge is 2.42. The van der Waals surface area contributed by atoms with Crippen LogP contribution < -0.4 is 10.5 Å². The second-order valence-electron chi connectivity index (χ2n) is 7.74. The fourth-order valence-electron chi connectivity index (χ4n) is 3.60. The molecule has 1 fully saturated rings. The van der Waals surface area contributed by atoms with Gasteiger partial charge in [-0.15, -0.1) is 0 Å². The highest BCUT2D eigenvalue weighted by molar-refractivity contribution is 7.97. The third-order valence-electron chi connectivity index (χ3n) is 5.50. The van der Waals surface area contributed by atoms with E-state index in [1.165, 1.54) is 16.8 Å². The number of anilines is 1. The van der Waals surface area contributed by atoms with E-state index in [1.54, 1.807) is 12.1 Å². The lowest BCUT2D eigenvalue weighted by atomic mass is 9.95. The minimum Gasteiger partial charge on any atom is -0.396 e. The first-order chi connectivity index (χ1) is 15.1. The summed E-state index contributed by atoms with van der Waals surface area (Å²) in [5.74, 6) is -1.56. The zero-order valence-electron chi connectivity index (χ0n) is 17.2. The van der Waals surface area contributed by atoms with Crippen molar-refractivity contribution in [2.45, 2.75) is 42.8 Å². The molecule has 1 aliphatic heterocycles. The van der Waals surface area contributed by atoms with Gasteiger partial charge in [0.2, 0.25) is 5.91 Å². The zero-order valence-corrected chi connectivity index (χ0v) is 19.5. The number of carbonyl (C=O) groups excluding carboxylic acids is 1. The minimum absolute atomic E-state index is 0.0725. The van der Waals surface area contributed by atoms with Crippen molar-refractivity contribution in [2.75, 3.05) is 18.8 Å². The highest BCUT2D eigenvalue weighted by atomic mass is 35.5. The molecule has 0 saturated carbocycles. The van der Waals surface area contributed by atoms with Crippen LogP contribution in [0.5, 0.6) is 0 Å². The lowest BCUT2D eigenvalue weighted by Crippen LogP contribution is -2.49. The number of amides is 1. The number of nitrogens with one attached hydrogen (secondary N) is 1. The molecule has 174 valence electrons. The topological polar surface area (TPSA) is 58.4 Å². The van der Waals surface area contributed by atoms with Crippen LogP contribution >= 0.6 is 35.1 Å². The maximum Gasteiger partial charge on any atom is 0.391 e. The van der Waals surface area contributed by atoms with Gasteiger partial charge in [-0.05, 0) is 55.3 Å². The minimum atomic E-state index is -4.22. The predicted molar refractivity (Wildman–Crippen MR) is 124 cm³/mol. The van der Waals surface area contributed by atoms with Gasteiger partial charge in [-0.2, -0.15) is 13.2 Å². The number of carbonyl (C=O) groups is 1. The van der Waals surface area contributed by atoms with Gasteiger partial charge in [0.15, 0.2) is 0 Å². The van der Waals surface area contributed by atoms with E-state index < -0.39 is 18.1 Å². The third kappa shape index (κ3) is 6.70. The summed E-state index contributed by atoms with van der Waals surface area (Å²) in [5, 5.41) is 0.617. The Balaban J connectivity index is 1.68. The van der Waals surface area contributed by atoms with Gasteiger partial charge in [-0.3, -0.25) is 4.79 Å². The Kier molecular flexibility index (Phi) is 8.61. The van der Waals surface area contributed by atoms with Crippen LogP contribution in [-0.2, 0) is 11.2 Å². The summed E-state index contributed by atoms with van der Waals surface area (Å²) in [7, 11) is 0. The molecule has 3 N–H and O–H groups in total. The summed E-state index contributed by atoms with van der Waals surface area (Å²) >= 11 is 13.4. The van der Waals surface area contributed by atoms with Crippen molar-refractivity contribution in [3.63, 3.8) is 0 Å². The van der Waals surface area contributed by atoms with E-state index >= 15 is 0 Å². The number of alkyl halides is 3. The molecule has 3 rings (SSSR count). The first-order valence-corrected chi connectivity index (χ1v) is 11.8. The molecular formula is C22H24Cl2F3N3OS. The Bertz CT molecular complexity index is 899. The van der Waals surface area contributed by atoms with Crippen molar-refractivity contribution in [1.29, 1.82) is 0 Å². The van der Waals surface area contributed by atoms with E-state index in [-0.39, 0.29) is 37.5 Å². The molecule has 0 spiro atoms. The molecule has 10 heteroatoms. The maximum absolute atomic E-state index is 13.2. The van der Waals surface area contributed by atoms with Crippen LogP contribution in [0.25, 0.3) is 0 Å². The van der Waals surface area contributed by atoms with Gasteiger partial charge in [0.25, 0.3) is 0 Å². The molecule has 1 saturated heterocycles. The van der Waals surface area contributed by atoms with Gasteiger partial charge < -0.3 is 10.6 Å². The number of rotatable bonds is 7. The van der Waals surface area contributed by atoms with E-state index in [0.717, 1.165) is 5.56 Å². The zero-order chi connectivity index (χ0) is 23.3. The Morgan fingerprint density at radius 3 is 2.31 bits per heavy atom. The molecule has 4 nitrogen and oxygen atoms in total. The predicted octanol–water partition coefficient (Wildman–Crippen LogP) is 5.97. The van der Waals surface area contributed by atoms with Gasteiger partial charge in [0, 0.05) is 18.0 Å². The molecular weight excluding hydrogens is 482 g/mol. The van der Waals surface area contributed by atoms with Crippen LogP contribution in [0.2, 0.25) is 10.0 Å². The molecule has 1 amide bonds. The van der Waals surface area contributed by atoms with E-state index in [1.807, 2.05) is 30.3 Å². The normalized spacial score (nSPS) is 16.2. The number of likely N-dealkylation sites (tertiary alicyclic amines) is 1. The van der Waals surface area contributed by atoms with Crippen LogP contribution in [0.4, 0.5) is 18.9 Å². The largest absolute Gasteiger partial charge is 0.396 e. The molecule has 0 bridgehead atoms. The molecule has 1 atom stereocenters. The van der Waals surface area contributed by atoms with Gasteiger partial charge in [0.05, 0.1) is 27.7 Å². The van der Waals surface area contributed by atoms with Crippen LogP contribution in [0, 0.1) is 5.92 Å². The lowest BCUT2D eigenvalue weighted by molar-refractivity contribution is -0.186. The van der Waals surface area contributed by atoms with Crippen molar-refractivity contribution in [1.82, 2.24) is 9.62 Å². The molecule has 0 aromatic heterocycles. The van der Waals surface area contributed by atoms with E-state index in [0.29, 0.717) is 27.8 Å². The summed E-state index contributed by atoms with van der Waals surface area (Å²) in [6, 6.07) is 12.4.